The highest BCUT2D eigenvalue weighted by Gasteiger charge is 2.19. The van der Waals surface area contributed by atoms with E-state index in [1.165, 1.54) is 6.42 Å². The maximum Gasteiger partial charge on any atom is 0.407 e. The van der Waals surface area contributed by atoms with E-state index in [1.807, 2.05) is 27.7 Å². The monoisotopic (exact) mass is 273 g/mol. The fourth-order valence-corrected chi connectivity index (χ4v) is 1.81. The number of hydrogen-bond acceptors (Lipinski definition) is 3. The van der Waals surface area contributed by atoms with Crippen molar-refractivity contribution in [2.24, 2.45) is 5.92 Å². The molecule has 0 bridgehead atoms. The van der Waals surface area contributed by atoms with E-state index in [9.17, 15) is 9.59 Å². The second kappa shape index (κ2) is 8.77. The predicted molar refractivity (Wildman–Crippen MR) is 74.1 cm³/mol. The fourth-order valence-electron chi connectivity index (χ4n) is 1.81. The summed E-state index contributed by atoms with van der Waals surface area (Å²) in [5.41, 5.74) is -0.390. The van der Waals surface area contributed by atoms with Crippen LogP contribution in [0.3, 0.4) is 0 Å². The van der Waals surface area contributed by atoms with Gasteiger partial charge in [0.25, 0.3) is 0 Å². The van der Waals surface area contributed by atoms with Crippen molar-refractivity contribution in [3.8, 4) is 0 Å². The van der Waals surface area contributed by atoms with Gasteiger partial charge in [0.05, 0.1) is 5.92 Å². The Bertz CT molecular complexity index is 278. The summed E-state index contributed by atoms with van der Waals surface area (Å²) in [4.78, 5) is 21.1. The van der Waals surface area contributed by atoms with Gasteiger partial charge in [0, 0.05) is 6.54 Å². The van der Waals surface area contributed by atoms with E-state index in [0.717, 1.165) is 25.7 Å². The third kappa shape index (κ3) is 10.4. The third-order valence-corrected chi connectivity index (χ3v) is 2.67. The van der Waals surface area contributed by atoms with Crippen molar-refractivity contribution in [1.82, 2.24) is 5.32 Å². The minimum absolute atomic E-state index is 0.0289. The van der Waals surface area contributed by atoms with Gasteiger partial charge in [-0.3, -0.25) is 4.79 Å². The lowest BCUT2D eigenvalue weighted by atomic mass is 9.90. The van der Waals surface area contributed by atoms with Crippen molar-refractivity contribution < 1.29 is 19.4 Å². The molecule has 5 nitrogen and oxygen atoms in total. The normalized spacial score (nSPS) is 16.0. The number of carboxylic acid groups (broad SMARTS) is 1. The third-order valence-electron chi connectivity index (χ3n) is 2.67. The molecule has 112 valence electrons. The number of carbonyl (C=O) groups is 2. The Labute approximate surface area is 115 Å². The van der Waals surface area contributed by atoms with Crippen LogP contribution in [0.25, 0.3) is 0 Å². The van der Waals surface area contributed by atoms with Gasteiger partial charge in [-0.05, 0) is 40.5 Å². The molecule has 0 aromatic rings. The molecule has 19 heavy (non-hydrogen) atoms. The van der Waals surface area contributed by atoms with Crippen molar-refractivity contribution >= 4 is 12.1 Å². The van der Waals surface area contributed by atoms with Gasteiger partial charge >= 0.3 is 12.1 Å². The zero-order valence-electron chi connectivity index (χ0n) is 12.5. The Kier molecular flexibility index (Phi) is 8.19. The highest BCUT2D eigenvalue weighted by Crippen LogP contribution is 2.23. The summed E-state index contributed by atoms with van der Waals surface area (Å²) in [6.45, 7) is 7.96. The molecule has 2 N–H and O–H groups in total. The maximum absolute atomic E-state index is 10.7. The van der Waals surface area contributed by atoms with Crippen LogP contribution in [0.1, 0.15) is 59.8 Å². The Morgan fingerprint density at radius 2 is 1.74 bits per heavy atom. The summed E-state index contributed by atoms with van der Waals surface area (Å²) in [5, 5.41) is 11.1. The fraction of sp³-hybridized carbons (Fsp3) is 0.857. The number of carboxylic acids is 1. The average molecular weight is 273 g/mol. The van der Waals surface area contributed by atoms with Crippen molar-refractivity contribution in [2.75, 3.05) is 6.54 Å². The lowest BCUT2D eigenvalue weighted by Gasteiger charge is -2.19. The first-order valence-corrected chi connectivity index (χ1v) is 6.96. The highest BCUT2D eigenvalue weighted by atomic mass is 16.6. The van der Waals surface area contributed by atoms with Gasteiger partial charge in [-0.1, -0.05) is 19.3 Å². The number of amides is 1. The smallest absolute Gasteiger partial charge is 0.407 e. The van der Waals surface area contributed by atoms with Gasteiger partial charge in [-0.15, -0.1) is 0 Å². The van der Waals surface area contributed by atoms with Crippen LogP contribution in [-0.4, -0.2) is 29.3 Å². The van der Waals surface area contributed by atoms with Crippen LogP contribution in [0.5, 0.6) is 0 Å². The number of aliphatic carboxylic acids is 1. The lowest BCUT2D eigenvalue weighted by molar-refractivity contribution is -0.142. The molecule has 1 aliphatic rings. The SMILES string of the molecule is CCNC(=O)OC(C)(C)C.O=C(O)C1CCCCC1. The highest BCUT2D eigenvalue weighted by molar-refractivity contribution is 5.69. The van der Waals surface area contributed by atoms with Crippen molar-refractivity contribution in [3.05, 3.63) is 0 Å². The summed E-state index contributed by atoms with van der Waals surface area (Å²) < 4.78 is 4.93. The summed E-state index contributed by atoms with van der Waals surface area (Å²) in [6, 6.07) is 0. The maximum atomic E-state index is 10.7. The first-order valence-electron chi connectivity index (χ1n) is 6.96. The molecule has 0 heterocycles. The molecule has 1 rings (SSSR count). The molecule has 0 atom stereocenters. The largest absolute Gasteiger partial charge is 0.481 e. The van der Waals surface area contributed by atoms with Gasteiger partial charge < -0.3 is 15.2 Å². The number of nitrogens with one attached hydrogen (secondary N) is 1. The van der Waals surface area contributed by atoms with Crippen molar-refractivity contribution in [3.63, 3.8) is 0 Å². The second-order valence-electron chi connectivity index (χ2n) is 5.71. The van der Waals surface area contributed by atoms with Crippen LogP contribution in [0.2, 0.25) is 0 Å². The number of carbonyl (C=O) groups excluding carboxylic acids is 1. The molecule has 1 amide bonds. The van der Waals surface area contributed by atoms with Crippen LogP contribution < -0.4 is 5.32 Å². The van der Waals surface area contributed by atoms with Crippen LogP contribution in [-0.2, 0) is 9.53 Å². The molecule has 1 fully saturated rings. The quantitative estimate of drug-likeness (QED) is 0.810. The van der Waals surface area contributed by atoms with Gasteiger partial charge in [0.2, 0.25) is 0 Å². The molecule has 0 unspecified atom stereocenters. The van der Waals surface area contributed by atoms with Gasteiger partial charge in [-0.2, -0.15) is 0 Å². The molecule has 0 radical (unpaired) electrons. The van der Waals surface area contributed by atoms with Gasteiger partial charge in [0.15, 0.2) is 0 Å². The van der Waals surface area contributed by atoms with E-state index < -0.39 is 5.97 Å². The molecule has 0 saturated heterocycles. The standard InChI is InChI=1S/C7H15NO2.C7H12O2/c1-5-8-6(9)10-7(2,3)4;8-7(9)6-4-2-1-3-5-6/h5H2,1-4H3,(H,8,9);6H,1-5H2,(H,8,9). The minimum Gasteiger partial charge on any atom is -0.481 e. The Hall–Kier alpha value is -1.26. The summed E-state index contributed by atoms with van der Waals surface area (Å²) in [6.07, 6.45) is 4.89. The number of hydrogen-bond donors (Lipinski definition) is 2. The lowest BCUT2D eigenvalue weighted by Crippen LogP contribution is -2.32. The second-order valence-corrected chi connectivity index (χ2v) is 5.71. The Morgan fingerprint density at radius 1 is 1.21 bits per heavy atom. The van der Waals surface area contributed by atoms with Gasteiger partial charge in [0.1, 0.15) is 5.60 Å². The Morgan fingerprint density at radius 3 is 2.05 bits per heavy atom. The molecule has 0 aromatic heterocycles. The molecule has 5 heteroatoms. The van der Waals surface area contributed by atoms with Crippen LogP contribution in [0.4, 0.5) is 4.79 Å². The number of rotatable bonds is 2. The zero-order chi connectivity index (χ0) is 14.9. The van der Waals surface area contributed by atoms with E-state index >= 15 is 0 Å². The topological polar surface area (TPSA) is 75.6 Å². The summed E-state index contributed by atoms with van der Waals surface area (Å²) in [5.74, 6) is -0.631. The Balaban J connectivity index is 0.000000342. The van der Waals surface area contributed by atoms with Crippen molar-refractivity contribution in [1.29, 1.82) is 0 Å². The van der Waals surface area contributed by atoms with Crippen LogP contribution in [0, 0.1) is 5.92 Å². The van der Waals surface area contributed by atoms with E-state index in [4.69, 9.17) is 9.84 Å². The van der Waals surface area contributed by atoms with E-state index in [2.05, 4.69) is 5.32 Å². The van der Waals surface area contributed by atoms with E-state index in [0.29, 0.717) is 6.54 Å². The molecule has 0 aromatic carbocycles. The molecule has 1 aliphatic carbocycles. The first-order chi connectivity index (χ1) is 8.76. The summed E-state index contributed by atoms with van der Waals surface area (Å²) in [7, 11) is 0. The molecule has 1 saturated carbocycles. The summed E-state index contributed by atoms with van der Waals surface area (Å²) >= 11 is 0. The molecule has 0 aliphatic heterocycles. The predicted octanol–water partition coefficient (Wildman–Crippen LogP) is 3.18. The minimum atomic E-state index is -0.602. The average Bonchev–Trinajstić information content (AvgIpc) is 2.29. The number of ether oxygens (including phenoxy) is 1. The van der Waals surface area contributed by atoms with Gasteiger partial charge in [-0.25, -0.2) is 4.79 Å². The molecular formula is C14H27NO4. The van der Waals surface area contributed by atoms with E-state index in [-0.39, 0.29) is 17.6 Å². The van der Waals surface area contributed by atoms with Crippen molar-refractivity contribution in [2.45, 2.75) is 65.4 Å². The molecule has 0 spiro atoms. The van der Waals surface area contributed by atoms with Crippen LogP contribution >= 0.6 is 0 Å². The zero-order valence-corrected chi connectivity index (χ0v) is 12.5. The first kappa shape index (κ1) is 17.7. The van der Waals surface area contributed by atoms with E-state index in [1.54, 1.807) is 0 Å². The number of alkyl carbamates (subject to hydrolysis) is 1. The van der Waals surface area contributed by atoms with Crippen LogP contribution in [0.15, 0.2) is 0 Å². The molecular weight excluding hydrogens is 246 g/mol.